The number of carboxylic acids is 1. The maximum atomic E-state index is 11.2. The van der Waals surface area contributed by atoms with Crippen molar-refractivity contribution < 1.29 is 15.0 Å². The van der Waals surface area contributed by atoms with Gasteiger partial charge in [-0.3, -0.25) is 0 Å². The summed E-state index contributed by atoms with van der Waals surface area (Å²) in [6.45, 7) is 4.43. The van der Waals surface area contributed by atoms with E-state index in [1.54, 1.807) is 18.2 Å². The van der Waals surface area contributed by atoms with Crippen molar-refractivity contribution in [2.45, 2.75) is 26.7 Å². The molecule has 0 saturated carbocycles. The molecule has 0 heterocycles. The van der Waals surface area contributed by atoms with Crippen LogP contribution in [-0.2, 0) is 6.42 Å². The Kier molecular flexibility index (Phi) is 5.58. The van der Waals surface area contributed by atoms with E-state index in [4.69, 9.17) is 0 Å². The first-order chi connectivity index (χ1) is 11.0. The highest BCUT2D eigenvalue weighted by Gasteiger charge is 2.12. The summed E-state index contributed by atoms with van der Waals surface area (Å²) in [4.78, 5) is 11.2. The molecule has 23 heavy (non-hydrogen) atoms. The van der Waals surface area contributed by atoms with Crippen LogP contribution in [0.15, 0.2) is 42.5 Å². The monoisotopic (exact) mass is 310 g/mol. The third kappa shape index (κ3) is 4.46. The fraction of sp³-hybridized carbons (Fsp3) is 0.250. The Labute approximate surface area is 136 Å². The standard InChI is InChI=1S/C20H22O3/c1-3-14(2)13-16-9-7-15(8-10-16)11-12-17-5-4-6-18(21)19(17)20(22)23/h4-12,14,21H,3,13H2,1-2H3,(H,22,23)/b12-11-. The van der Waals surface area contributed by atoms with Crippen molar-refractivity contribution in [1.29, 1.82) is 0 Å². The van der Waals surface area contributed by atoms with E-state index in [9.17, 15) is 15.0 Å². The van der Waals surface area contributed by atoms with E-state index in [0.29, 0.717) is 11.5 Å². The molecule has 3 nitrogen and oxygen atoms in total. The van der Waals surface area contributed by atoms with Crippen molar-refractivity contribution in [3.63, 3.8) is 0 Å². The Bertz CT molecular complexity index is 699. The van der Waals surface area contributed by atoms with E-state index in [1.165, 1.54) is 11.6 Å². The highest BCUT2D eigenvalue weighted by Crippen LogP contribution is 2.23. The summed E-state index contributed by atoms with van der Waals surface area (Å²) >= 11 is 0. The van der Waals surface area contributed by atoms with Gasteiger partial charge in [0.25, 0.3) is 0 Å². The van der Waals surface area contributed by atoms with Gasteiger partial charge in [-0.05, 0) is 35.1 Å². The molecule has 0 amide bonds. The molecule has 0 aliphatic heterocycles. The van der Waals surface area contributed by atoms with Gasteiger partial charge in [0.05, 0.1) is 0 Å². The van der Waals surface area contributed by atoms with Crippen molar-refractivity contribution in [3.05, 3.63) is 64.7 Å². The molecule has 1 atom stereocenters. The van der Waals surface area contributed by atoms with E-state index in [1.807, 2.05) is 18.2 Å². The third-order valence-corrected chi connectivity index (χ3v) is 4.00. The summed E-state index contributed by atoms with van der Waals surface area (Å²) in [5, 5.41) is 18.9. The number of aromatic hydroxyl groups is 1. The molecule has 2 rings (SSSR count). The molecule has 3 heteroatoms. The summed E-state index contributed by atoms with van der Waals surface area (Å²) in [6, 6.07) is 13.0. The van der Waals surface area contributed by atoms with Crippen LogP contribution in [0.5, 0.6) is 5.75 Å². The number of carbonyl (C=O) groups is 1. The van der Waals surface area contributed by atoms with Crippen molar-refractivity contribution in [3.8, 4) is 5.75 Å². The smallest absolute Gasteiger partial charge is 0.340 e. The molecule has 0 radical (unpaired) electrons. The van der Waals surface area contributed by atoms with Gasteiger partial charge in [-0.25, -0.2) is 4.79 Å². The Balaban J connectivity index is 2.18. The van der Waals surface area contributed by atoms with Gasteiger partial charge in [-0.15, -0.1) is 0 Å². The number of aromatic carboxylic acids is 1. The minimum Gasteiger partial charge on any atom is -0.507 e. The lowest BCUT2D eigenvalue weighted by Gasteiger charge is -2.08. The first-order valence-electron chi connectivity index (χ1n) is 7.83. The molecule has 2 N–H and O–H groups in total. The van der Waals surface area contributed by atoms with Gasteiger partial charge in [0.1, 0.15) is 11.3 Å². The van der Waals surface area contributed by atoms with Gasteiger partial charge >= 0.3 is 5.97 Å². The molecule has 0 aromatic heterocycles. The number of phenols is 1. The fourth-order valence-corrected chi connectivity index (χ4v) is 2.43. The molecular formula is C20H22O3. The molecule has 0 fully saturated rings. The Morgan fingerprint density at radius 2 is 1.83 bits per heavy atom. The summed E-state index contributed by atoms with van der Waals surface area (Å²) < 4.78 is 0. The van der Waals surface area contributed by atoms with Crippen molar-refractivity contribution in [2.75, 3.05) is 0 Å². The predicted molar refractivity (Wildman–Crippen MR) is 93.6 cm³/mol. The van der Waals surface area contributed by atoms with Gasteiger partial charge in [0.15, 0.2) is 0 Å². The summed E-state index contributed by atoms with van der Waals surface area (Å²) in [5.41, 5.74) is 2.72. The van der Waals surface area contributed by atoms with Crippen LogP contribution in [0.1, 0.15) is 47.3 Å². The zero-order chi connectivity index (χ0) is 16.8. The SMILES string of the molecule is CCC(C)Cc1ccc(/C=C\c2cccc(O)c2C(=O)O)cc1. The summed E-state index contributed by atoms with van der Waals surface area (Å²) in [5.74, 6) is -0.683. The molecule has 2 aromatic carbocycles. The van der Waals surface area contributed by atoms with Crippen LogP contribution < -0.4 is 0 Å². The maximum Gasteiger partial charge on any atom is 0.340 e. The Morgan fingerprint density at radius 3 is 2.43 bits per heavy atom. The van der Waals surface area contributed by atoms with Crippen molar-refractivity contribution >= 4 is 18.1 Å². The fourth-order valence-electron chi connectivity index (χ4n) is 2.43. The predicted octanol–water partition coefficient (Wildman–Crippen LogP) is 4.85. The average molecular weight is 310 g/mol. The molecule has 1 unspecified atom stereocenters. The van der Waals surface area contributed by atoms with Gasteiger partial charge in [-0.1, -0.05) is 68.8 Å². The van der Waals surface area contributed by atoms with E-state index in [0.717, 1.165) is 18.4 Å². The van der Waals surface area contributed by atoms with Crippen LogP contribution in [0.3, 0.4) is 0 Å². The van der Waals surface area contributed by atoms with Gasteiger partial charge in [0, 0.05) is 0 Å². The van der Waals surface area contributed by atoms with Crippen molar-refractivity contribution in [1.82, 2.24) is 0 Å². The van der Waals surface area contributed by atoms with E-state index < -0.39 is 5.97 Å². The molecule has 0 bridgehead atoms. The Morgan fingerprint density at radius 1 is 1.13 bits per heavy atom. The summed E-state index contributed by atoms with van der Waals surface area (Å²) in [7, 11) is 0. The van der Waals surface area contributed by atoms with E-state index in [-0.39, 0.29) is 11.3 Å². The number of benzene rings is 2. The minimum atomic E-state index is -1.13. The largest absolute Gasteiger partial charge is 0.507 e. The van der Waals surface area contributed by atoms with E-state index >= 15 is 0 Å². The van der Waals surface area contributed by atoms with Crippen LogP contribution in [0.2, 0.25) is 0 Å². The maximum absolute atomic E-state index is 11.2. The second-order valence-electron chi connectivity index (χ2n) is 5.84. The second-order valence-corrected chi connectivity index (χ2v) is 5.84. The molecule has 0 saturated heterocycles. The molecule has 0 aliphatic rings. The van der Waals surface area contributed by atoms with Crippen LogP contribution >= 0.6 is 0 Å². The zero-order valence-electron chi connectivity index (χ0n) is 13.5. The van der Waals surface area contributed by atoms with Crippen LogP contribution in [0, 0.1) is 5.92 Å². The second kappa shape index (κ2) is 7.63. The highest BCUT2D eigenvalue weighted by atomic mass is 16.4. The lowest BCUT2D eigenvalue weighted by Crippen LogP contribution is -1.99. The van der Waals surface area contributed by atoms with Crippen LogP contribution in [-0.4, -0.2) is 16.2 Å². The number of hydrogen-bond donors (Lipinski definition) is 2. The number of carboxylic acid groups (broad SMARTS) is 1. The molecular weight excluding hydrogens is 288 g/mol. The lowest BCUT2D eigenvalue weighted by molar-refractivity contribution is 0.0693. The number of rotatable bonds is 6. The molecule has 0 spiro atoms. The normalized spacial score (nSPS) is 12.4. The first kappa shape index (κ1) is 16.8. The van der Waals surface area contributed by atoms with Gasteiger partial charge < -0.3 is 10.2 Å². The Hall–Kier alpha value is -2.55. The topological polar surface area (TPSA) is 57.5 Å². The van der Waals surface area contributed by atoms with Crippen LogP contribution in [0.4, 0.5) is 0 Å². The lowest BCUT2D eigenvalue weighted by atomic mass is 9.98. The van der Waals surface area contributed by atoms with E-state index in [2.05, 4.69) is 26.0 Å². The summed E-state index contributed by atoms with van der Waals surface area (Å²) in [6.07, 6.45) is 5.80. The van der Waals surface area contributed by atoms with Crippen LogP contribution in [0.25, 0.3) is 12.2 Å². The van der Waals surface area contributed by atoms with Crippen molar-refractivity contribution in [2.24, 2.45) is 5.92 Å². The first-order valence-corrected chi connectivity index (χ1v) is 7.83. The highest BCUT2D eigenvalue weighted by molar-refractivity contribution is 5.96. The molecule has 120 valence electrons. The quantitative estimate of drug-likeness (QED) is 0.750. The number of hydrogen-bond acceptors (Lipinski definition) is 2. The third-order valence-electron chi connectivity index (χ3n) is 4.00. The molecule has 0 aliphatic carbocycles. The molecule has 2 aromatic rings. The van der Waals surface area contributed by atoms with Gasteiger partial charge in [0.2, 0.25) is 0 Å². The van der Waals surface area contributed by atoms with Gasteiger partial charge in [-0.2, -0.15) is 0 Å². The average Bonchev–Trinajstić information content (AvgIpc) is 2.53. The minimum absolute atomic E-state index is 0.0721. The zero-order valence-corrected chi connectivity index (χ0v) is 13.5.